The highest BCUT2D eigenvalue weighted by molar-refractivity contribution is 6.32. The van der Waals surface area contributed by atoms with Gasteiger partial charge < -0.3 is 29.9 Å². The van der Waals surface area contributed by atoms with Crippen molar-refractivity contribution in [2.75, 3.05) is 44.7 Å². The third kappa shape index (κ3) is 8.18. The van der Waals surface area contributed by atoms with E-state index in [0.717, 1.165) is 56.7 Å². The average Bonchev–Trinajstić information content (AvgIpc) is 3.21. The number of anilines is 1. The van der Waals surface area contributed by atoms with Gasteiger partial charge in [-0.25, -0.2) is 9.78 Å². The summed E-state index contributed by atoms with van der Waals surface area (Å²) in [6.45, 7) is 7.67. The lowest BCUT2D eigenvalue weighted by atomic mass is 10.1. The van der Waals surface area contributed by atoms with Gasteiger partial charge in [0, 0.05) is 31.9 Å². The number of pyridine rings is 1. The molecule has 3 rings (SSSR count). The smallest absolute Gasteiger partial charge is 0.326 e. The molecule has 0 saturated carbocycles. The number of fused-ring (bicyclic) bond motifs is 1. The first-order chi connectivity index (χ1) is 17.4. The Morgan fingerprint density at radius 2 is 2.14 bits per heavy atom. The van der Waals surface area contributed by atoms with Crippen LogP contribution in [0.4, 0.5) is 5.82 Å². The van der Waals surface area contributed by atoms with Crippen LogP contribution in [0.3, 0.4) is 0 Å². The Bertz CT molecular complexity index is 995. The Balaban J connectivity index is 1.50. The molecular formula is C25H36ClN5O5. The molecule has 1 atom stereocenters. The maximum Gasteiger partial charge on any atom is 0.326 e. The summed E-state index contributed by atoms with van der Waals surface area (Å²) in [7, 11) is 0. The van der Waals surface area contributed by atoms with Gasteiger partial charge in [0.1, 0.15) is 17.4 Å². The summed E-state index contributed by atoms with van der Waals surface area (Å²) in [4.78, 5) is 31.3. The van der Waals surface area contributed by atoms with Gasteiger partial charge in [0.2, 0.25) is 5.22 Å². The van der Waals surface area contributed by atoms with Crippen molar-refractivity contribution < 1.29 is 24.0 Å². The third-order valence-corrected chi connectivity index (χ3v) is 6.51. The summed E-state index contributed by atoms with van der Waals surface area (Å²) in [5, 5.41) is 19.1. The number of carboxylic acids is 1. The minimum atomic E-state index is -1.11. The molecule has 0 saturated heterocycles. The lowest BCUT2D eigenvalue weighted by molar-refractivity contribution is -0.139. The normalized spacial score (nSPS) is 13.8. The number of aromatic nitrogens is 2. The number of aliphatic carboxylic acids is 1. The lowest BCUT2D eigenvalue weighted by Gasteiger charge is -2.24. The van der Waals surface area contributed by atoms with Gasteiger partial charge in [0.05, 0.1) is 12.3 Å². The summed E-state index contributed by atoms with van der Waals surface area (Å²) >= 11 is 5.88. The van der Waals surface area contributed by atoms with E-state index in [1.54, 1.807) is 6.92 Å². The van der Waals surface area contributed by atoms with Crippen molar-refractivity contribution in [1.82, 2.24) is 20.4 Å². The van der Waals surface area contributed by atoms with E-state index in [9.17, 15) is 14.7 Å². The van der Waals surface area contributed by atoms with E-state index in [-0.39, 0.29) is 17.2 Å². The molecule has 1 aliphatic heterocycles. The number of nitrogens with zero attached hydrogens (tertiary/aromatic N) is 3. The zero-order chi connectivity index (χ0) is 25.9. The van der Waals surface area contributed by atoms with E-state index in [1.165, 1.54) is 5.56 Å². The SMILES string of the molecule is CCOCCN(CCCCc1ccc2c(n1)NCCC2)CCC(NC(=O)c1c(C)noc1Cl)C(=O)O. The van der Waals surface area contributed by atoms with Crippen LogP contribution in [0.15, 0.2) is 16.7 Å². The van der Waals surface area contributed by atoms with Crippen LogP contribution in [0.2, 0.25) is 5.22 Å². The predicted molar refractivity (Wildman–Crippen MR) is 137 cm³/mol. The molecular weight excluding hydrogens is 486 g/mol. The molecule has 3 heterocycles. The van der Waals surface area contributed by atoms with Crippen molar-refractivity contribution in [3.05, 3.63) is 39.9 Å². The molecule has 198 valence electrons. The number of hydrogen-bond acceptors (Lipinski definition) is 8. The van der Waals surface area contributed by atoms with Crippen molar-refractivity contribution in [3.8, 4) is 0 Å². The van der Waals surface area contributed by atoms with Crippen LogP contribution in [0, 0.1) is 6.92 Å². The number of rotatable bonds is 15. The van der Waals surface area contributed by atoms with E-state index in [0.29, 0.717) is 32.0 Å². The number of carboxylic acid groups (broad SMARTS) is 1. The van der Waals surface area contributed by atoms with Gasteiger partial charge >= 0.3 is 5.97 Å². The number of halogens is 1. The quantitative estimate of drug-likeness (QED) is 0.302. The summed E-state index contributed by atoms with van der Waals surface area (Å²) in [6.07, 6.45) is 5.27. The van der Waals surface area contributed by atoms with Gasteiger partial charge in [-0.05, 0) is 82.1 Å². The van der Waals surface area contributed by atoms with Crippen LogP contribution in [0.5, 0.6) is 0 Å². The Labute approximate surface area is 216 Å². The fourth-order valence-corrected chi connectivity index (χ4v) is 4.48. The second-order valence-corrected chi connectivity index (χ2v) is 9.25. The molecule has 36 heavy (non-hydrogen) atoms. The Kier molecular flexibility index (Phi) is 11.0. The van der Waals surface area contributed by atoms with Gasteiger partial charge in [-0.15, -0.1) is 0 Å². The molecule has 0 radical (unpaired) electrons. The standard InChI is InChI=1S/C25H36ClN5O5/c1-3-35-16-15-31(13-5-4-8-19-10-9-18-7-6-12-27-23(18)28-19)14-11-20(25(33)34)29-24(32)21-17(2)30-36-22(21)26/h9-10,20H,3-8,11-16H2,1-2H3,(H,27,28)(H,29,32)(H,33,34). The van der Waals surface area contributed by atoms with Crippen LogP contribution < -0.4 is 10.6 Å². The molecule has 0 aliphatic carbocycles. The minimum absolute atomic E-state index is 0.0575. The maximum absolute atomic E-state index is 12.6. The number of unbranched alkanes of at least 4 members (excludes halogenated alkanes) is 1. The molecule has 0 fully saturated rings. The molecule has 11 heteroatoms. The first kappa shape index (κ1) is 27.9. The van der Waals surface area contributed by atoms with E-state index < -0.39 is 17.9 Å². The molecule has 1 amide bonds. The molecule has 0 spiro atoms. The highest BCUT2D eigenvalue weighted by Gasteiger charge is 2.26. The first-order valence-corrected chi connectivity index (χ1v) is 12.9. The van der Waals surface area contributed by atoms with Gasteiger partial charge in [-0.2, -0.15) is 0 Å². The number of ether oxygens (including phenoxy) is 1. The highest BCUT2D eigenvalue weighted by Crippen LogP contribution is 2.21. The van der Waals surface area contributed by atoms with Crippen molar-refractivity contribution in [3.63, 3.8) is 0 Å². The summed E-state index contributed by atoms with van der Waals surface area (Å²) in [5.74, 6) is -0.703. The summed E-state index contributed by atoms with van der Waals surface area (Å²) in [5.41, 5.74) is 2.74. The van der Waals surface area contributed by atoms with Crippen LogP contribution in [0.25, 0.3) is 0 Å². The average molecular weight is 522 g/mol. The number of hydrogen-bond donors (Lipinski definition) is 3. The Morgan fingerprint density at radius 1 is 1.31 bits per heavy atom. The number of aryl methyl sites for hydroxylation is 3. The molecule has 2 aromatic rings. The Morgan fingerprint density at radius 3 is 2.86 bits per heavy atom. The number of carbonyl (C=O) groups excluding carboxylic acids is 1. The number of nitrogens with one attached hydrogen (secondary N) is 2. The monoisotopic (exact) mass is 521 g/mol. The van der Waals surface area contributed by atoms with Crippen molar-refractivity contribution in [2.45, 2.75) is 58.4 Å². The lowest BCUT2D eigenvalue weighted by Crippen LogP contribution is -2.43. The highest BCUT2D eigenvalue weighted by atomic mass is 35.5. The summed E-state index contributed by atoms with van der Waals surface area (Å²) < 4.78 is 10.3. The number of carbonyl (C=O) groups is 2. The first-order valence-electron chi connectivity index (χ1n) is 12.6. The van der Waals surface area contributed by atoms with E-state index in [4.69, 9.17) is 25.8 Å². The predicted octanol–water partition coefficient (Wildman–Crippen LogP) is 3.32. The molecule has 0 aromatic carbocycles. The molecule has 10 nitrogen and oxygen atoms in total. The van der Waals surface area contributed by atoms with E-state index in [1.807, 2.05) is 6.92 Å². The van der Waals surface area contributed by atoms with Crippen LogP contribution in [0.1, 0.15) is 59.9 Å². The zero-order valence-corrected chi connectivity index (χ0v) is 21.8. The van der Waals surface area contributed by atoms with Crippen molar-refractivity contribution >= 4 is 29.3 Å². The summed E-state index contributed by atoms with van der Waals surface area (Å²) in [6, 6.07) is 3.22. The fraction of sp³-hybridized carbons (Fsp3) is 0.600. The van der Waals surface area contributed by atoms with Crippen LogP contribution in [-0.4, -0.2) is 77.5 Å². The fourth-order valence-electron chi connectivity index (χ4n) is 4.22. The van der Waals surface area contributed by atoms with E-state index in [2.05, 4.69) is 32.8 Å². The zero-order valence-electron chi connectivity index (χ0n) is 21.0. The second-order valence-electron chi connectivity index (χ2n) is 8.91. The third-order valence-electron chi connectivity index (χ3n) is 6.25. The van der Waals surface area contributed by atoms with Gasteiger partial charge in [0.25, 0.3) is 5.91 Å². The second kappa shape index (κ2) is 14.2. The van der Waals surface area contributed by atoms with Crippen molar-refractivity contribution in [1.29, 1.82) is 0 Å². The molecule has 1 aliphatic rings. The number of amides is 1. The minimum Gasteiger partial charge on any atom is -0.480 e. The topological polar surface area (TPSA) is 130 Å². The van der Waals surface area contributed by atoms with Crippen molar-refractivity contribution in [2.24, 2.45) is 0 Å². The van der Waals surface area contributed by atoms with Gasteiger partial charge in [-0.1, -0.05) is 11.2 Å². The van der Waals surface area contributed by atoms with Crippen LogP contribution >= 0.6 is 11.6 Å². The molecule has 1 unspecified atom stereocenters. The van der Waals surface area contributed by atoms with Gasteiger partial charge in [0.15, 0.2) is 0 Å². The largest absolute Gasteiger partial charge is 0.480 e. The van der Waals surface area contributed by atoms with Gasteiger partial charge in [-0.3, -0.25) is 4.79 Å². The molecule has 3 N–H and O–H groups in total. The Hall–Kier alpha value is -2.69. The van der Waals surface area contributed by atoms with E-state index >= 15 is 0 Å². The maximum atomic E-state index is 12.6. The molecule has 0 bridgehead atoms. The molecule has 2 aromatic heterocycles. The van der Waals surface area contributed by atoms with Crippen LogP contribution in [-0.2, 0) is 22.4 Å².